The molecule has 1 saturated heterocycles. The van der Waals surface area contributed by atoms with Gasteiger partial charge in [0, 0.05) is 23.0 Å². The highest BCUT2D eigenvalue weighted by atomic mass is 79.9. The maximum Gasteiger partial charge on any atom is 0.124 e. The number of hydrogen-bond acceptors (Lipinski definition) is 2. The van der Waals surface area contributed by atoms with Crippen LogP contribution >= 0.6 is 15.9 Å². The molecule has 0 spiro atoms. The lowest BCUT2D eigenvalue weighted by molar-refractivity contribution is 0.181. The normalized spacial score (nSPS) is 23.0. The Labute approximate surface area is 96.7 Å². The fourth-order valence-corrected chi connectivity index (χ4v) is 2.36. The van der Waals surface area contributed by atoms with Gasteiger partial charge in [-0.2, -0.15) is 0 Å². The summed E-state index contributed by atoms with van der Waals surface area (Å²) in [6, 6.07) is 4.65. The molecule has 0 aliphatic carbocycles. The number of rotatable bonds is 2. The van der Waals surface area contributed by atoms with Crippen LogP contribution in [-0.2, 0) is 4.74 Å². The van der Waals surface area contributed by atoms with E-state index in [-0.39, 0.29) is 11.9 Å². The minimum absolute atomic E-state index is 0.139. The summed E-state index contributed by atoms with van der Waals surface area (Å²) < 4.78 is 19.2. The highest BCUT2D eigenvalue weighted by Crippen LogP contribution is 2.28. The van der Waals surface area contributed by atoms with Crippen LogP contribution in [-0.4, -0.2) is 13.2 Å². The Morgan fingerprint density at radius 2 is 2.27 bits per heavy atom. The first-order chi connectivity index (χ1) is 7.16. The first-order valence-electron chi connectivity index (χ1n) is 4.96. The Morgan fingerprint density at radius 3 is 2.87 bits per heavy atom. The van der Waals surface area contributed by atoms with Crippen molar-refractivity contribution < 1.29 is 9.13 Å². The molecule has 82 valence electrons. The van der Waals surface area contributed by atoms with Gasteiger partial charge in [-0.15, -0.1) is 0 Å². The zero-order valence-electron chi connectivity index (χ0n) is 8.25. The van der Waals surface area contributed by atoms with Crippen LogP contribution in [0.3, 0.4) is 0 Å². The van der Waals surface area contributed by atoms with Crippen LogP contribution in [0, 0.1) is 11.7 Å². The van der Waals surface area contributed by atoms with E-state index in [2.05, 4.69) is 15.9 Å². The fraction of sp³-hybridized carbons (Fsp3) is 0.455. The summed E-state index contributed by atoms with van der Waals surface area (Å²) in [4.78, 5) is 0. The quantitative estimate of drug-likeness (QED) is 0.899. The SMILES string of the molecule is NC(c1cc(F)cc(Br)c1)C1CCOC1. The van der Waals surface area contributed by atoms with E-state index >= 15 is 0 Å². The van der Waals surface area contributed by atoms with Crippen molar-refractivity contribution >= 4 is 15.9 Å². The molecule has 0 bridgehead atoms. The van der Waals surface area contributed by atoms with Crippen LogP contribution < -0.4 is 5.73 Å². The third-order valence-corrected chi connectivity index (χ3v) is 3.20. The standard InChI is InChI=1S/C11H13BrFNO/c12-9-3-8(4-10(13)5-9)11(14)7-1-2-15-6-7/h3-5,7,11H,1-2,6,14H2. The second-order valence-corrected chi connectivity index (χ2v) is 4.77. The molecule has 1 aliphatic rings. The van der Waals surface area contributed by atoms with Gasteiger partial charge in [0.1, 0.15) is 5.82 Å². The van der Waals surface area contributed by atoms with Crippen LogP contribution in [0.25, 0.3) is 0 Å². The molecule has 2 unspecified atom stereocenters. The Balaban J connectivity index is 2.20. The number of ether oxygens (including phenoxy) is 1. The number of benzene rings is 1. The van der Waals surface area contributed by atoms with E-state index in [0.717, 1.165) is 23.1 Å². The summed E-state index contributed by atoms with van der Waals surface area (Å²) in [7, 11) is 0. The molecule has 1 heterocycles. The molecule has 1 aromatic rings. The first-order valence-corrected chi connectivity index (χ1v) is 5.75. The molecule has 2 atom stereocenters. The predicted molar refractivity (Wildman–Crippen MR) is 60.0 cm³/mol. The summed E-state index contributed by atoms with van der Waals surface area (Å²) in [5.74, 6) is 0.0486. The molecule has 0 aromatic heterocycles. The van der Waals surface area contributed by atoms with Gasteiger partial charge in [0.2, 0.25) is 0 Å². The second kappa shape index (κ2) is 4.60. The highest BCUT2D eigenvalue weighted by molar-refractivity contribution is 9.10. The van der Waals surface area contributed by atoms with Crippen LogP contribution in [0.1, 0.15) is 18.0 Å². The molecule has 0 saturated carbocycles. The van der Waals surface area contributed by atoms with E-state index in [1.54, 1.807) is 0 Å². The van der Waals surface area contributed by atoms with E-state index in [0.29, 0.717) is 12.5 Å². The van der Waals surface area contributed by atoms with E-state index < -0.39 is 0 Å². The van der Waals surface area contributed by atoms with E-state index in [1.165, 1.54) is 12.1 Å². The van der Waals surface area contributed by atoms with Crippen molar-refractivity contribution in [2.75, 3.05) is 13.2 Å². The summed E-state index contributed by atoms with van der Waals surface area (Å²) in [6.07, 6.45) is 0.954. The average molecular weight is 274 g/mol. The van der Waals surface area contributed by atoms with Gasteiger partial charge >= 0.3 is 0 Å². The third-order valence-electron chi connectivity index (χ3n) is 2.74. The fourth-order valence-electron chi connectivity index (χ4n) is 1.88. The molecule has 15 heavy (non-hydrogen) atoms. The number of halogens is 2. The molecule has 2 nitrogen and oxygen atoms in total. The van der Waals surface area contributed by atoms with Crippen LogP contribution in [0.15, 0.2) is 22.7 Å². The van der Waals surface area contributed by atoms with Crippen LogP contribution in [0.2, 0.25) is 0 Å². The summed E-state index contributed by atoms with van der Waals surface area (Å²) in [6.45, 7) is 1.43. The number of nitrogens with two attached hydrogens (primary N) is 1. The van der Waals surface area contributed by atoms with Gasteiger partial charge in [-0.3, -0.25) is 0 Å². The van der Waals surface area contributed by atoms with Gasteiger partial charge in [0.15, 0.2) is 0 Å². The Kier molecular flexibility index (Phi) is 3.38. The molecular formula is C11H13BrFNO. The average Bonchev–Trinajstić information content (AvgIpc) is 2.67. The predicted octanol–water partition coefficient (Wildman–Crippen LogP) is 2.62. The largest absolute Gasteiger partial charge is 0.381 e. The van der Waals surface area contributed by atoms with Crippen molar-refractivity contribution in [2.24, 2.45) is 11.7 Å². The van der Waals surface area contributed by atoms with Crippen molar-refractivity contribution in [2.45, 2.75) is 12.5 Å². The lowest BCUT2D eigenvalue weighted by Gasteiger charge is -2.18. The molecule has 0 amide bonds. The molecular weight excluding hydrogens is 261 g/mol. The lowest BCUT2D eigenvalue weighted by Crippen LogP contribution is -2.21. The molecule has 2 rings (SSSR count). The number of hydrogen-bond donors (Lipinski definition) is 1. The molecule has 2 N–H and O–H groups in total. The van der Waals surface area contributed by atoms with E-state index in [9.17, 15) is 4.39 Å². The molecule has 1 aromatic carbocycles. The molecule has 4 heteroatoms. The van der Waals surface area contributed by atoms with Gasteiger partial charge in [-0.1, -0.05) is 15.9 Å². The molecule has 1 aliphatic heterocycles. The molecule has 0 radical (unpaired) electrons. The summed E-state index contributed by atoms with van der Waals surface area (Å²) in [5, 5.41) is 0. The van der Waals surface area contributed by atoms with Crippen molar-refractivity contribution in [3.8, 4) is 0 Å². The lowest BCUT2D eigenvalue weighted by atomic mass is 9.93. The van der Waals surface area contributed by atoms with E-state index in [1.807, 2.05) is 6.07 Å². The second-order valence-electron chi connectivity index (χ2n) is 3.85. The van der Waals surface area contributed by atoms with E-state index in [4.69, 9.17) is 10.5 Å². The van der Waals surface area contributed by atoms with Crippen LogP contribution in [0.5, 0.6) is 0 Å². The monoisotopic (exact) mass is 273 g/mol. The van der Waals surface area contributed by atoms with Crippen molar-refractivity contribution in [3.63, 3.8) is 0 Å². The molecule has 1 fully saturated rings. The van der Waals surface area contributed by atoms with Gasteiger partial charge < -0.3 is 10.5 Å². The third kappa shape index (κ3) is 2.56. The van der Waals surface area contributed by atoms with Crippen molar-refractivity contribution in [3.05, 3.63) is 34.1 Å². The summed E-state index contributed by atoms with van der Waals surface area (Å²) in [5.41, 5.74) is 6.90. The van der Waals surface area contributed by atoms with Crippen LogP contribution in [0.4, 0.5) is 4.39 Å². The van der Waals surface area contributed by atoms with Gasteiger partial charge in [0.25, 0.3) is 0 Å². The minimum atomic E-state index is -0.256. The maximum atomic E-state index is 13.2. The Bertz CT molecular complexity index is 332. The Morgan fingerprint density at radius 1 is 1.47 bits per heavy atom. The first kappa shape index (κ1) is 11.0. The van der Waals surface area contributed by atoms with Crippen molar-refractivity contribution in [1.29, 1.82) is 0 Å². The van der Waals surface area contributed by atoms with Gasteiger partial charge in [-0.05, 0) is 30.2 Å². The van der Waals surface area contributed by atoms with Gasteiger partial charge in [-0.25, -0.2) is 4.39 Å². The maximum absolute atomic E-state index is 13.2. The highest BCUT2D eigenvalue weighted by Gasteiger charge is 2.24. The zero-order valence-corrected chi connectivity index (χ0v) is 9.84. The topological polar surface area (TPSA) is 35.2 Å². The smallest absolute Gasteiger partial charge is 0.124 e. The van der Waals surface area contributed by atoms with Crippen molar-refractivity contribution in [1.82, 2.24) is 0 Å². The Hall–Kier alpha value is -0.450. The summed E-state index contributed by atoms with van der Waals surface area (Å²) >= 11 is 3.26. The zero-order chi connectivity index (χ0) is 10.8. The minimum Gasteiger partial charge on any atom is -0.381 e. The van der Waals surface area contributed by atoms with Gasteiger partial charge in [0.05, 0.1) is 6.61 Å².